The van der Waals surface area contributed by atoms with E-state index in [1.165, 1.54) is 4.52 Å². The van der Waals surface area contributed by atoms with Crippen molar-refractivity contribution in [2.75, 3.05) is 24.7 Å². The smallest absolute Gasteiger partial charge is 0.288 e. The van der Waals surface area contributed by atoms with Gasteiger partial charge in [-0.25, -0.2) is 14.5 Å². The van der Waals surface area contributed by atoms with Gasteiger partial charge in [0.15, 0.2) is 5.65 Å². The van der Waals surface area contributed by atoms with Crippen LogP contribution in [0, 0.1) is 5.92 Å². The predicted molar refractivity (Wildman–Crippen MR) is 108 cm³/mol. The fourth-order valence-corrected chi connectivity index (χ4v) is 2.64. The zero-order chi connectivity index (χ0) is 21.1. The topological polar surface area (TPSA) is 143 Å². The maximum Gasteiger partial charge on any atom is 0.288 e. The number of nitrogens with zero attached hydrogens (tertiary/aromatic N) is 6. The molecular weight excluding hydrogens is 374 g/mol. The average molecular weight is 397 g/mol. The first-order chi connectivity index (χ1) is 13.7. The van der Waals surface area contributed by atoms with E-state index in [2.05, 4.69) is 30.9 Å². The van der Waals surface area contributed by atoms with Crippen LogP contribution in [-0.4, -0.2) is 50.5 Å². The molecule has 0 aliphatic heterocycles. The highest BCUT2D eigenvalue weighted by molar-refractivity contribution is 5.95. The number of hydrazine groups is 1. The highest BCUT2D eigenvalue weighted by Gasteiger charge is 2.17. The molecule has 11 nitrogen and oxygen atoms in total. The van der Waals surface area contributed by atoms with Crippen LogP contribution < -0.4 is 21.5 Å². The molecule has 0 spiro atoms. The first-order valence-corrected chi connectivity index (χ1v) is 9.00. The Hall–Kier alpha value is -3.76. The Bertz CT molecular complexity index is 1040. The van der Waals surface area contributed by atoms with Crippen LogP contribution in [0.25, 0.3) is 16.8 Å². The average Bonchev–Trinajstić information content (AvgIpc) is 3.04. The lowest BCUT2D eigenvalue weighted by Gasteiger charge is -2.12. The zero-order valence-corrected chi connectivity index (χ0v) is 16.7. The minimum atomic E-state index is -0.551. The van der Waals surface area contributed by atoms with Gasteiger partial charge in [0.25, 0.3) is 5.91 Å². The number of hydrogen-bond donors (Lipinski definition) is 3. The Morgan fingerprint density at radius 2 is 1.83 bits per heavy atom. The van der Waals surface area contributed by atoms with Crippen molar-refractivity contribution < 1.29 is 9.59 Å². The highest BCUT2D eigenvalue weighted by Crippen LogP contribution is 2.22. The van der Waals surface area contributed by atoms with Crippen molar-refractivity contribution in [3.05, 3.63) is 30.2 Å². The highest BCUT2D eigenvalue weighted by atomic mass is 16.2. The molecule has 0 saturated heterocycles. The number of rotatable bonds is 5. The number of hydrogen-bond acceptors (Lipinski definition) is 8. The molecule has 4 N–H and O–H groups in total. The molecule has 0 aliphatic carbocycles. The SMILES string of the molecule is CC(C)CC(=O)NNC(=O)c1cc(-c2cnc(N(C)C)nc2)cc2nc(N)nn12. The van der Waals surface area contributed by atoms with Crippen molar-refractivity contribution >= 4 is 29.4 Å². The summed E-state index contributed by atoms with van der Waals surface area (Å²) in [5, 5.41) is 4.05. The van der Waals surface area contributed by atoms with Gasteiger partial charge in [-0.1, -0.05) is 13.8 Å². The summed E-state index contributed by atoms with van der Waals surface area (Å²) in [6, 6.07) is 3.34. The second-order valence-corrected chi connectivity index (χ2v) is 7.14. The largest absolute Gasteiger partial charge is 0.366 e. The van der Waals surface area contributed by atoms with E-state index in [0.29, 0.717) is 29.1 Å². The zero-order valence-electron chi connectivity index (χ0n) is 16.7. The maximum absolute atomic E-state index is 12.7. The molecule has 0 bridgehead atoms. The Morgan fingerprint density at radius 3 is 2.45 bits per heavy atom. The number of fused-ring (bicyclic) bond motifs is 1. The van der Waals surface area contributed by atoms with Gasteiger partial charge in [0.05, 0.1) is 0 Å². The molecule has 3 heterocycles. The standard InChI is InChI=1S/C18H23N9O2/c1-10(2)5-15(28)23-24-16(29)13-6-11(7-14-22-17(19)25-27(13)14)12-8-20-18(21-9-12)26(3)4/h6-10H,5H2,1-4H3,(H2,19,25)(H,23,28)(H,24,29). The van der Waals surface area contributed by atoms with Crippen molar-refractivity contribution in [2.45, 2.75) is 20.3 Å². The van der Waals surface area contributed by atoms with Gasteiger partial charge in [-0.05, 0) is 23.6 Å². The van der Waals surface area contributed by atoms with Gasteiger partial charge in [-0.15, -0.1) is 5.10 Å². The minimum Gasteiger partial charge on any atom is -0.366 e. The summed E-state index contributed by atoms with van der Waals surface area (Å²) in [4.78, 5) is 39.0. The molecule has 3 rings (SSSR count). The summed E-state index contributed by atoms with van der Waals surface area (Å²) in [6.07, 6.45) is 3.60. The molecule has 3 aromatic rings. The lowest BCUT2D eigenvalue weighted by atomic mass is 10.1. The summed E-state index contributed by atoms with van der Waals surface area (Å²) in [5.41, 5.74) is 12.4. The fraction of sp³-hybridized carbons (Fsp3) is 0.333. The van der Waals surface area contributed by atoms with Crippen molar-refractivity contribution in [3.8, 4) is 11.1 Å². The van der Waals surface area contributed by atoms with Gasteiger partial charge in [-0.2, -0.15) is 4.98 Å². The number of amides is 2. The van der Waals surface area contributed by atoms with Crippen LogP contribution in [0.4, 0.5) is 11.9 Å². The Kier molecular flexibility index (Phi) is 5.57. The van der Waals surface area contributed by atoms with Crippen LogP contribution in [-0.2, 0) is 4.79 Å². The number of nitrogens with one attached hydrogen (secondary N) is 2. The molecule has 0 saturated carbocycles. The van der Waals surface area contributed by atoms with Crippen LogP contribution in [0.15, 0.2) is 24.5 Å². The molecule has 2 amide bonds. The second-order valence-electron chi connectivity index (χ2n) is 7.14. The van der Waals surface area contributed by atoms with Crippen LogP contribution in [0.5, 0.6) is 0 Å². The molecule has 11 heteroatoms. The van der Waals surface area contributed by atoms with E-state index in [0.717, 1.165) is 0 Å². The summed E-state index contributed by atoms with van der Waals surface area (Å²) in [6.45, 7) is 3.83. The molecule has 0 unspecified atom stereocenters. The number of nitrogen functional groups attached to an aromatic ring is 1. The molecule has 29 heavy (non-hydrogen) atoms. The molecular formula is C18H23N9O2. The summed E-state index contributed by atoms with van der Waals surface area (Å²) in [5.74, 6) is -0.0787. The van der Waals surface area contributed by atoms with Crippen LogP contribution >= 0.6 is 0 Å². The number of aromatic nitrogens is 5. The van der Waals surface area contributed by atoms with E-state index in [4.69, 9.17) is 5.73 Å². The van der Waals surface area contributed by atoms with Crippen LogP contribution in [0.1, 0.15) is 30.8 Å². The van der Waals surface area contributed by atoms with E-state index in [-0.39, 0.29) is 23.5 Å². The quantitative estimate of drug-likeness (QED) is 0.532. The molecule has 0 aromatic carbocycles. The van der Waals surface area contributed by atoms with E-state index >= 15 is 0 Å². The van der Waals surface area contributed by atoms with E-state index in [1.54, 1.807) is 29.4 Å². The van der Waals surface area contributed by atoms with Crippen molar-refractivity contribution in [1.82, 2.24) is 35.4 Å². The molecule has 3 aromatic heterocycles. The van der Waals surface area contributed by atoms with Gasteiger partial charge >= 0.3 is 0 Å². The summed E-state index contributed by atoms with van der Waals surface area (Å²) < 4.78 is 1.32. The van der Waals surface area contributed by atoms with E-state index in [1.807, 2.05) is 27.9 Å². The van der Waals surface area contributed by atoms with Gasteiger partial charge in [0, 0.05) is 38.5 Å². The van der Waals surface area contributed by atoms with E-state index in [9.17, 15) is 9.59 Å². The lowest BCUT2D eigenvalue weighted by Crippen LogP contribution is -2.42. The number of carbonyl (C=O) groups excluding carboxylic acids is 2. The monoisotopic (exact) mass is 397 g/mol. The van der Waals surface area contributed by atoms with Crippen LogP contribution in [0.3, 0.4) is 0 Å². The Balaban J connectivity index is 1.93. The van der Waals surface area contributed by atoms with Gasteiger partial charge in [0.1, 0.15) is 5.69 Å². The third kappa shape index (κ3) is 4.57. The first kappa shape index (κ1) is 20.0. The molecule has 0 atom stereocenters. The number of carbonyl (C=O) groups is 2. The van der Waals surface area contributed by atoms with Gasteiger partial charge in [-0.3, -0.25) is 20.4 Å². The van der Waals surface area contributed by atoms with Crippen LogP contribution in [0.2, 0.25) is 0 Å². The second kappa shape index (κ2) is 8.09. The van der Waals surface area contributed by atoms with Crippen molar-refractivity contribution in [3.63, 3.8) is 0 Å². The third-order valence-electron chi connectivity index (χ3n) is 3.97. The van der Waals surface area contributed by atoms with Crippen molar-refractivity contribution in [1.29, 1.82) is 0 Å². The Morgan fingerprint density at radius 1 is 1.14 bits per heavy atom. The molecule has 0 fully saturated rings. The van der Waals surface area contributed by atoms with E-state index < -0.39 is 5.91 Å². The summed E-state index contributed by atoms with van der Waals surface area (Å²) in [7, 11) is 3.69. The third-order valence-corrected chi connectivity index (χ3v) is 3.97. The molecule has 0 aliphatic rings. The fourth-order valence-electron chi connectivity index (χ4n) is 2.64. The predicted octanol–water partition coefficient (Wildman–Crippen LogP) is 0.642. The molecule has 152 valence electrons. The minimum absolute atomic E-state index is 0.0271. The van der Waals surface area contributed by atoms with Gasteiger partial charge < -0.3 is 10.6 Å². The lowest BCUT2D eigenvalue weighted by molar-refractivity contribution is -0.122. The number of pyridine rings is 1. The Labute approximate surface area is 167 Å². The van der Waals surface area contributed by atoms with Gasteiger partial charge in [0.2, 0.25) is 17.8 Å². The van der Waals surface area contributed by atoms with Crippen molar-refractivity contribution in [2.24, 2.45) is 5.92 Å². The molecule has 0 radical (unpaired) electrons. The first-order valence-electron chi connectivity index (χ1n) is 9.00. The summed E-state index contributed by atoms with van der Waals surface area (Å²) >= 11 is 0. The number of nitrogens with two attached hydrogens (primary N) is 1. The normalized spacial score (nSPS) is 10.9. The number of anilines is 2. The maximum atomic E-state index is 12.7.